The van der Waals surface area contributed by atoms with Crippen LogP contribution < -0.4 is 0 Å². The third-order valence-corrected chi connectivity index (χ3v) is 1.90. The summed E-state index contributed by atoms with van der Waals surface area (Å²) in [6.07, 6.45) is 2.80. The van der Waals surface area contributed by atoms with Crippen molar-refractivity contribution in [3.05, 3.63) is 34.9 Å². The highest BCUT2D eigenvalue weighted by Crippen LogP contribution is 2.24. The molecule has 0 atom stereocenters. The third-order valence-electron chi connectivity index (χ3n) is 1.58. The van der Waals surface area contributed by atoms with Crippen molar-refractivity contribution in [1.29, 1.82) is 0 Å². The standard InChI is InChI=1S/C10H9ClO3/c1-14-10(13)5-3-7-2-4-8(11)9(12)6-7/h2-6,12H,1H3. The summed E-state index contributed by atoms with van der Waals surface area (Å²) < 4.78 is 4.41. The predicted octanol–water partition coefficient (Wildman–Crippen LogP) is 2.23. The summed E-state index contributed by atoms with van der Waals surface area (Å²) in [6, 6.07) is 4.69. The minimum absolute atomic E-state index is 0.0151. The molecule has 0 saturated heterocycles. The fourth-order valence-electron chi connectivity index (χ4n) is 0.866. The molecular formula is C10H9ClO3. The van der Waals surface area contributed by atoms with Gasteiger partial charge < -0.3 is 9.84 Å². The van der Waals surface area contributed by atoms with Gasteiger partial charge in [-0.05, 0) is 23.8 Å². The van der Waals surface area contributed by atoms with E-state index in [4.69, 9.17) is 11.6 Å². The molecule has 0 aliphatic heterocycles. The monoisotopic (exact) mass is 212 g/mol. The summed E-state index contributed by atoms with van der Waals surface area (Å²) in [5, 5.41) is 9.52. The van der Waals surface area contributed by atoms with E-state index in [0.29, 0.717) is 5.56 Å². The molecule has 1 aromatic carbocycles. The number of methoxy groups -OCH3 is 1. The Hall–Kier alpha value is -1.48. The highest BCUT2D eigenvalue weighted by Gasteiger charge is 1.98. The molecule has 3 nitrogen and oxygen atoms in total. The molecule has 1 aromatic rings. The number of rotatable bonds is 2. The number of hydrogen-bond acceptors (Lipinski definition) is 3. The van der Waals surface area contributed by atoms with Crippen molar-refractivity contribution in [2.24, 2.45) is 0 Å². The highest BCUT2D eigenvalue weighted by atomic mass is 35.5. The molecule has 1 rings (SSSR count). The van der Waals surface area contributed by atoms with Gasteiger partial charge in [0.1, 0.15) is 5.75 Å². The van der Waals surface area contributed by atoms with Gasteiger partial charge in [0.05, 0.1) is 12.1 Å². The van der Waals surface area contributed by atoms with E-state index >= 15 is 0 Å². The van der Waals surface area contributed by atoms with Crippen molar-refractivity contribution in [3.63, 3.8) is 0 Å². The third kappa shape index (κ3) is 2.78. The lowest BCUT2D eigenvalue weighted by Crippen LogP contribution is -1.93. The number of hydrogen-bond donors (Lipinski definition) is 1. The molecule has 0 aromatic heterocycles. The number of carbonyl (C=O) groups excluding carboxylic acids is 1. The van der Waals surface area contributed by atoms with Crippen LogP contribution in [0.5, 0.6) is 5.75 Å². The summed E-state index contributed by atoms with van der Waals surface area (Å²) in [4.78, 5) is 10.7. The average molecular weight is 213 g/mol. The van der Waals surface area contributed by atoms with Gasteiger partial charge in [0.25, 0.3) is 0 Å². The van der Waals surface area contributed by atoms with Gasteiger partial charge in [-0.15, -0.1) is 0 Å². The van der Waals surface area contributed by atoms with Crippen LogP contribution >= 0.6 is 11.6 Å². The number of aromatic hydroxyl groups is 1. The Bertz CT molecular complexity index is 372. The van der Waals surface area contributed by atoms with Gasteiger partial charge in [-0.1, -0.05) is 17.7 Å². The van der Waals surface area contributed by atoms with Crippen molar-refractivity contribution in [3.8, 4) is 5.75 Å². The number of esters is 1. The Labute approximate surface area is 86.6 Å². The van der Waals surface area contributed by atoms with Crippen LogP contribution in [0, 0.1) is 0 Å². The maximum absolute atomic E-state index is 10.7. The number of phenolic OH excluding ortho intramolecular Hbond substituents is 1. The number of halogens is 1. The summed E-state index contributed by atoms with van der Waals surface area (Å²) >= 11 is 5.60. The van der Waals surface area contributed by atoms with E-state index in [2.05, 4.69) is 4.74 Å². The van der Waals surface area contributed by atoms with Crippen LogP contribution in [0.3, 0.4) is 0 Å². The molecule has 0 radical (unpaired) electrons. The van der Waals surface area contributed by atoms with Gasteiger partial charge in [-0.2, -0.15) is 0 Å². The fraction of sp³-hybridized carbons (Fsp3) is 0.100. The zero-order chi connectivity index (χ0) is 10.6. The van der Waals surface area contributed by atoms with Crippen molar-refractivity contribution in [1.82, 2.24) is 0 Å². The second-order valence-electron chi connectivity index (χ2n) is 2.57. The largest absolute Gasteiger partial charge is 0.506 e. The molecule has 0 fully saturated rings. The molecule has 0 amide bonds. The molecule has 14 heavy (non-hydrogen) atoms. The lowest BCUT2D eigenvalue weighted by Gasteiger charge is -1.97. The molecule has 1 N–H and O–H groups in total. The molecule has 0 heterocycles. The Morgan fingerprint density at radius 3 is 2.86 bits per heavy atom. The SMILES string of the molecule is COC(=O)C=Cc1ccc(Cl)c(O)c1. The van der Waals surface area contributed by atoms with Crippen LogP contribution in [0.25, 0.3) is 6.08 Å². The van der Waals surface area contributed by atoms with E-state index in [-0.39, 0.29) is 10.8 Å². The van der Waals surface area contributed by atoms with Gasteiger partial charge in [0.2, 0.25) is 0 Å². The number of carbonyl (C=O) groups is 1. The van der Waals surface area contributed by atoms with Gasteiger partial charge in [-0.25, -0.2) is 4.79 Å². The minimum Gasteiger partial charge on any atom is -0.506 e. The Kier molecular flexibility index (Phi) is 3.54. The van der Waals surface area contributed by atoms with Crippen LogP contribution in [-0.4, -0.2) is 18.2 Å². The maximum atomic E-state index is 10.7. The first-order chi connectivity index (χ1) is 6.63. The summed E-state index contributed by atoms with van der Waals surface area (Å²) in [6.45, 7) is 0. The molecule has 4 heteroatoms. The second kappa shape index (κ2) is 4.67. The zero-order valence-corrected chi connectivity index (χ0v) is 8.28. The van der Waals surface area contributed by atoms with E-state index in [9.17, 15) is 9.90 Å². The molecule has 0 bridgehead atoms. The van der Waals surface area contributed by atoms with Crippen LogP contribution in [-0.2, 0) is 9.53 Å². The molecule has 0 aliphatic rings. The Balaban J connectivity index is 2.83. The number of ether oxygens (including phenoxy) is 1. The maximum Gasteiger partial charge on any atom is 0.330 e. The van der Waals surface area contributed by atoms with Crippen LogP contribution in [0.2, 0.25) is 5.02 Å². The zero-order valence-electron chi connectivity index (χ0n) is 7.53. The van der Waals surface area contributed by atoms with Crippen LogP contribution in [0.15, 0.2) is 24.3 Å². The van der Waals surface area contributed by atoms with Crippen molar-refractivity contribution >= 4 is 23.6 Å². The van der Waals surface area contributed by atoms with Crippen molar-refractivity contribution in [2.45, 2.75) is 0 Å². The minimum atomic E-state index is -0.445. The summed E-state index contributed by atoms with van der Waals surface area (Å²) in [5.74, 6) is -0.460. The quantitative estimate of drug-likeness (QED) is 0.604. The smallest absolute Gasteiger partial charge is 0.330 e. The van der Waals surface area contributed by atoms with Crippen LogP contribution in [0.1, 0.15) is 5.56 Å². The first kappa shape index (κ1) is 10.6. The average Bonchev–Trinajstić information content (AvgIpc) is 2.19. The molecule has 0 unspecified atom stereocenters. The normalized spacial score (nSPS) is 10.4. The molecule has 0 spiro atoms. The van der Waals surface area contributed by atoms with Crippen LogP contribution in [0.4, 0.5) is 0 Å². The highest BCUT2D eigenvalue weighted by molar-refractivity contribution is 6.32. The lowest BCUT2D eigenvalue weighted by atomic mass is 10.2. The van der Waals surface area contributed by atoms with E-state index in [1.807, 2.05) is 0 Å². The molecule has 0 saturated carbocycles. The summed E-state index contributed by atoms with van der Waals surface area (Å²) in [7, 11) is 1.30. The van der Waals surface area contributed by atoms with Crippen molar-refractivity contribution < 1.29 is 14.6 Å². The van der Waals surface area contributed by atoms with E-state index in [1.165, 1.54) is 25.3 Å². The topological polar surface area (TPSA) is 46.5 Å². The van der Waals surface area contributed by atoms with Gasteiger partial charge in [-0.3, -0.25) is 0 Å². The van der Waals surface area contributed by atoms with E-state index in [1.54, 1.807) is 12.1 Å². The second-order valence-corrected chi connectivity index (χ2v) is 2.97. The van der Waals surface area contributed by atoms with E-state index in [0.717, 1.165) is 0 Å². The lowest BCUT2D eigenvalue weighted by molar-refractivity contribution is -0.134. The number of phenols is 1. The molecular weight excluding hydrogens is 204 g/mol. The first-order valence-corrected chi connectivity index (χ1v) is 4.26. The Morgan fingerprint density at radius 2 is 2.29 bits per heavy atom. The van der Waals surface area contributed by atoms with Gasteiger partial charge >= 0.3 is 5.97 Å². The molecule has 74 valence electrons. The predicted molar refractivity (Wildman–Crippen MR) is 54.2 cm³/mol. The molecule has 0 aliphatic carbocycles. The van der Waals surface area contributed by atoms with Gasteiger partial charge in [0.15, 0.2) is 0 Å². The Morgan fingerprint density at radius 1 is 1.57 bits per heavy atom. The van der Waals surface area contributed by atoms with Crippen molar-refractivity contribution in [2.75, 3.05) is 7.11 Å². The van der Waals surface area contributed by atoms with E-state index < -0.39 is 5.97 Å². The summed E-state index contributed by atoms with van der Waals surface area (Å²) in [5.41, 5.74) is 0.678. The van der Waals surface area contributed by atoms with Gasteiger partial charge in [0, 0.05) is 6.08 Å². The fourth-order valence-corrected chi connectivity index (χ4v) is 0.983. The first-order valence-electron chi connectivity index (χ1n) is 3.88. The number of benzene rings is 1.